The summed E-state index contributed by atoms with van der Waals surface area (Å²) in [6.45, 7) is 6.28. The normalized spacial score (nSPS) is 19.2. The Balaban J connectivity index is 2.31. The van der Waals surface area contributed by atoms with Crippen molar-refractivity contribution in [2.75, 3.05) is 43.6 Å². The molecule has 1 aromatic rings. The highest BCUT2D eigenvalue weighted by Gasteiger charge is 2.23. The first-order valence-electron chi connectivity index (χ1n) is 7.22. The molecule has 1 atom stereocenters. The van der Waals surface area contributed by atoms with Gasteiger partial charge in [-0.15, -0.1) is 0 Å². The van der Waals surface area contributed by atoms with E-state index in [2.05, 4.69) is 22.1 Å². The first-order valence-corrected chi connectivity index (χ1v) is 7.22. The molecule has 1 aromatic heterocycles. The van der Waals surface area contributed by atoms with E-state index < -0.39 is 0 Å². The van der Waals surface area contributed by atoms with Crippen molar-refractivity contribution in [3.05, 3.63) is 11.4 Å². The number of anilines is 2. The van der Waals surface area contributed by atoms with Crippen molar-refractivity contribution < 1.29 is 9.84 Å². The third kappa shape index (κ3) is 3.19. The number of nitrogens with zero attached hydrogens (tertiary/aromatic N) is 3. The predicted molar refractivity (Wildman–Crippen MR) is 79.3 cm³/mol. The fraction of sp³-hybridized carbons (Fsp3) is 0.714. The molecule has 0 amide bonds. The standard InChI is InChI=1S/C14H24N4O2/c1-4-5-12-16-13(15-3)10(2)14(17-12)18-6-7-20-11(8-18)9-19/h11,19H,4-9H2,1-3H3,(H,15,16,17). The Hall–Kier alpha value is -1.40. The number of aliphatic hydroxyl groups excluding tert-OH is 1. The SMILES string of the molecule is CCCc1nc(NC)c(C)c(N2CCOC(CO)C2)n1. The third-order valence-corrected chi connectivity index (χ3v) is 3.52. The van der Waals surface area contributed by atoms with E-state index in [1.165, 1.54) is 0 Å². The molecule has 6 heteroatoms. The van der Waals surface area contributed by atoms with Gasteiger partial charge in [-0.25, -0.2) is 9.97 Å². The lowest BCUT2D eigenvalue weighted by atomic mass is 10.2. The highest BCUT2D eigenvalue weighted by molar-refractivity contribution is 5.58. The molecule has 0 aliphatic carbocycles. The highest BCUT2D eigenvalue weighted by atomic mass is 16.5. The van der Waals surface area contributed by atoms with Crippen LogP contribution in [-0.2, 0) is 11.2 Å². The zero-order chi connectivity index (χ0) is 14.5. The number of aryl methyl sites for hydroxylation is 1. The van der Waals surface area contributed by atoms with Gasteiger partial charge < -0.3 is 20.1 Å². The molecule has 6 nitrogen and oxygen atoms in total. The van der Waals surface area contributed by atoms with Crippen LogP contribution in [0.4, 0.5) is 11.6 Å². The number of aromatic nitrogens is 2. The molecule has 1 saturated heterocycles. The Bertz CT molecular complexity index is 453. The summed E-state index contributed by atoms with van der Waals surface area (Å²) in [5.74, 6) is 2.70. The van der Waals surface area contributed by atoms with Crippen molar-refractivity contribution in [1.29, 1.82) is 0 Å². The average molecular weight is 280 g/mol. The Morgan fingerprint density at radius 1 is 1.45 bits per heavy atom. The molecule has 112 valence electrons. The number of rotatable bonds is 5. The summed E-state index contributed by atoms with van der Waals surface area (Å²) in [5, 5.41) is 12.4. The molecule has 1 aliphatic heterocycles. The molecule has 0 aromatic carbocycles. The van der Waals surface area contributed by atoms with Crippen molar-refractivity contribution in [2.24, 2.45) is 0 Å². The number of nitrogens with one attached hydrogen (secondary N) is 1. The van der Waals surface area contributed by atoms with Crippen LogP contribution in [0.5, 0.6) is 0 Å². The first kappa shape index (κ1) is 15.0. The van der Waals surface area contributed by atoms with E-state index in [9.17, 15) is 5.11 Å². The molecule has 0 spiro atoms. The van der Waals surface area contributed by atoms with E-state index >= 15 is 0 Å². The fourth-order valence-electron chi connectivity index (χ4n) is 2.46. The van der Waals surface area contributed by atoms with E-state index in [1.807, 2.05) is 14.0 Å². The average Bonchev–Trinajstić information content (AvgIpc) is 2.49. The lowest BCUT2D eigenvalue weighted by Crippen LogP contribution is -2.45. The van der Waals surface area contributed by atoms with Crippen LogP contribution in [0.15, 0.2) is 0 Å². The fourth-order valence-corrected chi connectivity index (χ4v) is 2.46. The molecule has 2 heterocycles. The quantitative estimate of drug-likeness (QED) is 0.838. The molecule has 1 fully saturated rings. The number of morpholine rings is 1. The van der Waals surface area contributed by atoms with Crippen molar-refractivity contribution in [3.8, 4) is 0 Å². The minimum absolute atomic E-state index is 0.0430. The van der Waals surface area contributed by atoms with E-state index in [0.29, 0.717) is 13.2 Å². The van der Waals surface area contributed by atoms with Crippen molar-refractivity contribution >= 4 is 11.6 Å². The van der Waals surface area contributed by atoms with Crippen LogP contribution in [-0.4, -0.2) is 54.5 Å². The lowest BCUT2D eigenvalue weighted by molar-refractivity contribution is 0.00332. The van der Waals surface area contributed by atoms with Gasteiger partial charge in [0.25, 0.3) is 0 Å². The van der Waals surface area contributed by atoms with E-state index in [4.69, 9.17) is 9.72 Å². The van der Waals surface area contributed by atoms with Gasteiger partial charge in [-0.2, -0.15) is 0 Å². The second-order valence-corrected chi connectivity index (χ2v) is 5.06. The Morgan fingerprint density at radius 2 is 2.25 bits per heavy atom. The topological polar surface area (TPSA) is 70.5 Å². The minimum atomic E-state index is -0.134. The molecule has 2 rings (SSSR count). The molecular formula is C14H24N4O2. The van der Waals surface area contributed by atoms with Gasteiger partial charge in [0.05, 0.1) is 19.3 Å². The Kier molecular flexibility index (Phi) is 5.14. The van der Waals surface area contributed by atoms with E-state index in [1.54, 1.807) is 0 Å². The van der Waals surface area contributed by atoms with Gasteiger partial charge in [-0.3, -0.25) is 0 Å². The van der Waals surface area contributed by atoms with Gasteiger partial charge in [0, 0.05) is 32.1 Å². The molecule has 0 radical (unpaired) electrons. The number of ether oxygens (including phenoxy) is 1. The van der Waals surface area contributed by atoms with Crippen molar-refractivity contribution in [1.82, 2.24) is 9.97 Å². The maximum Gasteiger partial charge on any atom is 0.137 e. The third-order valence-electron chi connectivity index (χ3n) is 3.52. The summed E-state index contributed by atoms with van der Waals surface area (Å²) in [6, 6.07) is 0. The van der Waals surface area contributed by atoms with Gasteiger partial charge in [0.2, 0.25) is 0 Å². The molecule has 2 N–H and O–H groups in total. The molecule has 0 bridgehead atoms. The molecule has 0 saturated carbocycles. The zero-order valence-electron chi connectivity index (χ0n) is 12.5. The summed E-state index contributed by atoms with van der Waals surface area (Å²) in [5.41, 5.74) is 1.05. The van der Waals surface area contributed by atoms with Crippen LogP contribution in [0.2, 0.25) is 0 Å². The Morgan fingerprint density at radius 3 is 2.90 bits per heavy atom. The van der Waals surface area contributed by atoms with Gasteiger partial charge in [-0.1, -0.05) is 6.92 Å². The van der Waals surface area contributed by atoms with Crippen LogP contribution in [0.1, 0.15) is 24.7 Å². The monoisotopic (exact) mass is 280 g/mol. The first-order chi connectivity index (χ1) is 9.69. The molecular weight excluding hydrogens is 256 g/mol. The van der Waals surface area contributed by atoms with E-state index in [0.717, 1.165) is 42.4 Å². The number of hydrogen-bond donors (Lipinski definition) is 2. The summed E-state index contributed by atoms with van der Waals surface area (Å²) in [4.78, 5) is 11.4. The van der Waals surface area contributed by atoms with Crippen LogP contribution in [0, 0.1) is 6.92 Å². The molecule has 1 unspecified atom stereocenters. The van der Waals surface area contributed by atoms with Gasteiger partial charge >= 0.3 is 0 Å². The summed E-state index contributed by atoms with van der Waals surface area (Å²) in [7, 11) is 1.88. The largest absolute Gasteiger partial charge is 0.394 e. The molecule has 1 aliphatic rings. The van der Waals surface area contributed by atoms with Crippen LogP contribution in [0.25, 0.3) is 0 Å². The minimum Gasteiger partial charge on any atom is -0.394 e. The summed E-state index contributed by atoms with van der Waals surface area (Å²) >= 11 is 0. The van der Waals surface area contributed by atoms with Crippen molar-refractivity contribution in [2.45, 2.75) is 32.8 Å². The van der Waals surface area contributed by atoms with Gasteiger partial charge in [0.15, 0.2) is 0 Å². The Labute approximate surface area is 120 Å². The number of hydrogen-bond acceptors (Lipinski definition) is 6. The second kappa shape index (κ2) is 6.85. The number of aliphatic hydroxyl groups is 1. The lowest BCUT2D eigenvalue weighted by Gasteiger charge is -2.34. The summed E-state index contributed by atoms with van der Waals surface area (Å²) in [6.07, 6.45) is 1.76. The van der Waals surface area contributed by atoms with Crippen molar-refractivity contribution in [3.63, 3.8) is 0 Å². The smallest absolute Gasteiger partial charge is 0.137 e. The second-order valence-electron chi connectivity index (χ2n) is 5.06. The molecule has 20 heavy (non-hydrogen) atoms. The van der Waals surface area contributed by atoms with Crippen LogP contribution < -0.4 is 10.2 Å². The summed E-state index contributed by atoms with van der Waals surface area (Å²) < 4.78 is 5.50. The van der Waals surface area contributed by atoms with Gasteiger partial charge in [0.1, 0.15) is 17.5 Å². The van der Waals surface area contributed by atoms with E-state index in [-0.39, 0.29) is 12.7 Å². The zero-order valence-corrected chi connectivity index (χ0v) is 12.5. The maximum absolute atomic E-state index is 9.27. The van der Waals surface area contributed by atoms with Crippen LogP contribution >= 0.6 is 0 Å². The predicted octanol–water partition coefficient (Wildman–Crippen LogP) is 0.977. The van der Waals surface area contributed by atoms with Gasteiger partial charge in [-0.05, 0) is 13.3 Å². The van der Waals surface area contributed by atoms with Crippen LogP contribution in [0.3, 0.4) is 0 Å². The maximum atomic E-state index is 9.27. The highest BCUT2D eigenvalue weighted by Crippen LogP contribution is 2.25.